The molecule has 1 fully saturated rings. The van der Waals surface area contributed by atoms with E-state index in [1.807, 2.05) is 12.1 Å². The molecule has 4 aromatic carbocycles. The lowest BCUT2D eigenvalue weighted by Crippen LogP contribution is -2.37. The van der Waals surface area contributed by atoms with Gasteiger partial charge in [0, 0.05) is 0 Å². The van der Waals surface area contributed by atoms with Crippen LogP contribution in [0, 0.1) is 10.8 Å². The first kappa shape index (κ1) is 27.6. The van der Waals surface area contributed by atoms with Gasteiger partial charge in [-0.3, -0.25) is 0 Å². The van der Waals surface area contributed by atoms with Gasteiger partial charge in [-0.25, -0.2) is 0 Å². The smallest absolute Gasteiger partial charge is 0.0966 e. The third-order valence-corrected chi connectivity index (χ3v) is 9.72. The van der Waals surface area contributed by atoms with Crippen molar-refractivity contribution in [2.75, 3.05) is 0 Å². The predicted octanol–water partition coefficient (Wildman–Crippen LogP) is 8.47. The van der Waals surface area contributed by atoms with Crippen molar-refractivity contribution >= 4 is 26.1 Å². The Morgan fingerprint density at radius 1 is 0.667 bits per heavy atom. The highest BCUT2D eigenvalue weighted by Gasteiger charge is 2.42. The summed E-state index contributed by atoms with van der Waals surface area (Å²) in [5.74, 6) is 0.629. The highest BCUT2D eigenvalue weighted by atomic mass is 14.5. The first-order chi connectivity index (χ1) is 18.4. The number of hydrogen-bond donors (Lipinski definition) is 0. The van der Waals surface area contributed by atoms with Crippen LogP contribution in [-0.4, -0.2) is 15.1 Å². The van der Waals surface area contributed by atoms with Crippen LogP contribution in [0.1, 0.15) is 71.4 Å². The van der Waals surface area contributed by atoms with Gasteiger partial charge in [0.2, 0.25) is 0 Å². The van der Waals surface area contributed by atoms with Crippen LogP contribution in [0.3, 0.4) is 0 Å². The Bertz CT molecular complexity index is 1380. The van der Waals surface area contributed by atoms with E-state index in [1.54, 1.807) is 0 Å². The van der Waals surface area contributed by atoms with Crippen molar-refractivity contribution in [2.24, 2.45) is 10.8 Å². The van der Waals surface area contributed by atoms with Gasteiger partial charge in [-0.15, -0.1) is 0 Å². The molecule has 0 bridgehead atoms. The molecule has 195 valence electrons. The van der Waals surface area contributed by atoms with Crippen molar-refractivity contribution in [3.63, 3.8) is 0 Å². The van der Waals surface area contributed by atoms with Crippen LogP contribution >= 0.6 is 0 Å². The minimum Gasteiger partial charge on any atom is -0.0966 e. The standard InChI is InChI=1S/C37H41B2/c1-35(2,3)36(4,5)25-39-34-21-15-29(16-22-34)26-7-9-30(10-8-26)31-23-37(6,24-31)32-17-11-27(12-18-32)28-13-19-33(38)20-14-28/h7-22,31H,23-25H2,1-6H3. The highest BCUT2D eigenvalue weighted by Crippen LogP contribution is 2.52. The average molecular weight is 507 g/mol. The SMILES string of the molecule is [B]c1ccc(-c2ccc(C3(C)CC(c4ccc(-c5ccc([B]CC(C)(C)C(C)(C)C)cc5)cc4)C3)cc2)cc1. The van der Waals surface area contributed by atoms with Gasteiger partial charge in [-0.1, -0.05) is 156 Å². The molecule has 4 aromatic rings. The maximum absolute atomic E-state index is 5.85. The van der Waals surface area contributed by atoms with Gasteiger partial charge in [-0.05, 0) is 68.4 Å². The zero-order chi connectivity index (χ0) is 27.8. The van der Waals surface area contributed by atoms with Gasteiger partial charge in [0.25, 0.3) is 0 Å². The highest BCUT2D eigenvalue weighted by molar-refractivity contribution is 6.53. The number of hydrogen-bond acceptors (Lipinski definition) is 0. The zero-order valence-electron chi connectivity index (χ0n) is 24.6. The quantitative estimate of drug-likeness (QED) is 0.220. The summed E-state index contributed by atoms with van der Waals surface area (Å²) < 4.78 is 0. The lowest BCUT2D eigenvalue weighted by atomic mass is 9.53. The van der Waals surface area contributed by atoms with E-state index >= 15 is 0 Å². The molecule has 1 saturated carbocycles. The molecule has 0 saturated heterocycles. The largest absolute Gasteiger partial charge is 0.152 e. The fourth-order valence-corrected chi connectivity index (χ4v) is 5.68. The fourth-order valence-electron chi connectivity index (χ4n) is 5.68. The molecule has 0 atom stereocenters. The van der Waals surface area contributed by atoms with Gasteiger partial charge in [0.15, 0.2) is 7.28 Å². The molecule has 3 radical (unpaired) electrons. The van der Waals surface area contributed by atoms with Gasteiger partial charge in [0.1, 0.15) is 7.85 Å². The molecule has 1 aliphatic rings. The third kappa shape index (κ3) is 5.96. The predicted molar refractivity (Wildman–Crippen MR) is 172 cm³/mol. The minimum atomic E-state index is 0.247. The van der Waals surface area contributed by atoms with E-state index in [-0.39, 0.29) is 16.2 Å². The topological polar surface area (TPSA) is 0 Å². The second-order valence-electron chi connectivity index (χ2n) is 13.7. The van der Waals surface area contributed by atoms with Crippen molar-refractivity contribution in [3.05, 3.63) is 108 Å². The molecule has 0 spiro atoms. The molecule has 0 aliphatic heterocycles. The maximum Gasteiger partial charge on any atom is 0.152 e. The van der Waals surface area contributed by atoms with Crippen LogP contribution < -0.4 is 10.9 Å². The summed E-state index contributed by atoms with van der Waals surface area (Å²) in [5, 5.41) is 0. The lowest BCUT2D eigenvalue weighted by molar-refractivity contribution is 0.157. The van der Waals surface area contributed by atoms with Crippen LogP contribution in [0.5, 0.6) is 0 Å². The molecular formula is C37H41B2. The fraction of sp³-hybridized carbons (Fsp3) is 0.351. The van der Waals surface area contributed by atoms with Crippen LogP contribution in [0.4, 0.5) is 0 Å². The van der Waals surface area contributed by atoms with E-state index in [0.29, 0.717) is 5.92 Å². The van der Waals surface area contributed by atoms with E-state index in [2.05, 4.69) is 134 Å². The molecule has 0 unspecified atom stereocenters. The molecule has 0 nitrogen and oxygen atoms in total. The molecule has 39 heavy (non-hydrogen) atoms. The Morgan fingerprint density at radius 2 is 1.10 bits per heavy atom. The number of rotatable bonds is 7. The lowest BCUT2D eigenvalue weighted by Gasteiger charge is -2.46. The summed E-state index contributed by atoms with van der Waals surface area (Å²) in [7, 11) is 8.23. The molecule has 0 N–H and O–H groups in total. The van der Waals surface area contributed by atoms with E-state index < -0.39 is 0 Å². The summed E-state index contributed by atoms with van der Waals surface area (Å²) in [4.78, 5) is 0. The van der Waals surface area contributed by atoms with E-state index in [0.717, 1.165) is 11.8 Å². The van der Waals surface area contributed by atoms with Crippen molar-refractivity contribution in [2.45, 2.75) is 72.0 Å². The van der Waals surface area contributed by atoms with Gasteiger partial charge in [0.05, 0.1) is 0 Å². The zero-order valence-corrected chi connectivity index (χ0v) is 24.6. The molecule has 0 heterocycles. The molecule has 0 amide bonds. The summed E-state index contributed by atoms with van der Waals surface area (Å²) in [6.45, 7) is 14.1. The summed E-state index contributed by atoms with van der Waals surface area (Å²) >= 11 is 0. The Labute approximate surface area is 238 Å². The minimum absolute atomic E-state index is 0.247. The first-order valence-electron chi connectivity index (χ1n) is 14.4. The molecule has 5 rings (SSSR count). The third-order valence-electron chi connectivity index (χ3n) is 9.72. The van der Waals surface area contributed by atoms with Crippen molar-refractivity contribution in [1.82, 2.24) is 0 Å². The Kier molecular flexibility index (Phi) is 7.45. The van der Waals surface area contributed by atoms with Crippen LogP contribution in [0.15, 0.2) is 97.1 Å². The van der Waals surface area contributed by atoms with Gasteiger partial charge in [-0.2, -0.15) is 0 Å². The Morgan fingerprint density at radius 3 is 1.59 bits per heavy atom. The van der Waals surface area contributed by atoms with Crippen LogP contribution in [0.2, 0.25) is 6.32 Å². The monoisotopic (exact) mass is 507 g/mol. The summed E-state index contributed by atoms with van der Waals surface area (Å²) in [5.41, 5.74) is 10.8. The second kappa shape index (κ2) is 10.5. The van der Waals surface area contributed by atoms with Crippen molar-refractivity contribution in [1.29, 1.82) is 0 Å². The van der Waals surface area contributed by atoms with Crippen molar-refractivity contribution in [3.8, 4) is 22.3 Å². The summed E-state index contributed by atoms with van der Waals surface area (Å²) in [6.07, 6.45) is 3.48. The normalized spacial score (nSPS) is 19.4. The molecule has 0 aromatic heterocycles. The second-order valence-corrected chi connectivity index (χ2v) is 13.7. The Balaban J connectivity index is 1.18. The van der Waals surface area contributed by atoms with Gasteiger partial charge < -0.3 is 0 Å². The van der Waals surface area contributed by atoms with E-state index in [9.17, 15) is 0 Å². The van der Waals surface area contributed by atoms with E-state index in [1.165, 1.54) is 51.7 Å². The maximum atomic E-state index is 5.85. The van der Waals surface area contributed by atoms with Crippen LogP contribution in [-0.2, 0) is 5.41 Å². The molecule has 1 aliphatic carbocycles. The average Bonchev–Trinajstić information content (AvgIpc) is 2.90. The Hall–Kier alpha value is -2.99. The summed E-state index contributed by atoms with van der Waals surface area (Å²) in [6, 6.07) is 35.6. The van der Waals surface area contributed by atoms with Gasteiger partial charge >= 0.3 is 0 Å². The number of benzene rings is 4. The molecule has 2 heteroatoms. The van der Waals surface area contributed by atoms with E-state index in [4.69, 9.17) is 7.85 Å². The first-order valence-corrected chi connectivity index (χ1v) is 14.4. The molecular weight excluding hydrogens is 466 g/mol. The van der Waals surface area contributed by atoms with Crippen LogP contribution in [0.25, 0.3) is 22.3 Å². The van der Waals surface area contributed by atoms with Crippen molar-refractivity contribution < 1.29 is 0 Å².